The highest BCUT2D eigenvalue weighted by molar-refractivity contribution is 5.20. The summed E-state index contributed by atoms with van der Waals surface area (Å²) in [4.78, 5) is 0. The van der Waals surface area contributed by atoms with Gasteiger partial charge in [-0.3, -0.25) is 0 Å². The molecule has 0 unspecified atom stereocenters. The number of benzene rings is 1. The van der Waals surface area contributed by atoms with Gasteiger partial charge in [0.05, 0.1) is 13.2 Å². The van der Waals surface area contributed by atoms with Gasteiger partial charge in [0.15, 0.2) is 0 Å². The van der Waals surface area contributed by atoms with E-state index < -0.39 is 0 Å². The molecule has 1 aliphatic rings. The van der Waals surface area contributed by atoms with Crippen molar-refractivity contribution < 1.29 is 9.15 Å². The van der Waals surface area contributed by atoms with Crippen LogP contribution in [0.5, 0.6) is 0 Å². The zero-order chi connectivity index (χ0) is 13.8. The number of ether oxygens (including phenoxy) is 1. The van der Waals surface area contributed by atoms with E-state index in [1.54, 1.807) is 0 Å². The molecule has 0 amide bonds. The molecule has 1 N–H and O–H groups in total. The summed E-state index contributed by atoms with van der Waals surface area (Å²) in [5.74, 6) is 1.95. The van der Waals surface area contributed by atoms with E-state index in [9.17, 15) is 0 Å². The number of hydrogen-bond acceptors (Lipinski definition) is 3. The van der Waals surface area contributed by atoms with Crippen molar-refractivity contribution in [3.8, 4) is 0 Å². The Morgan fingerprint density at radius 1 is 1.20 bits per heavy atom. The molecule has 20 heavy (non-hydrogen) atoms. The number of furan rings is 1. The van der Waals surface area contributed by atoms with Crippen LogP contribution >= 0.6 is 0 Å². The Morgan fingerprint density at radius 2 is 2.00 bits per heavy atom. The highest BCUT2D eigenvalue weighted by atomic mass is 16.5. The van der Waals surface area contributed by atoms with E-state index in [2.05, 4.69) is 30.4 Å². The van der Waals surface area contributed by atoms with E-state index in [0.29, 0.717) is 19.3 Å². The van der Waals surface area contributed by atoms with Gasteiger partial charge in [-0.1, -0.05) is 30.3 Å². The highest BCUT2D eigenvalue weighted by Gasteiger charge is 2.21. The van der Waals surface area contributed by atoms with Gasteiger partial charge in [0.2, 0.25) is 0 Å². The number of aryl methyl sites for hydroxylation is 1. The predicted molar refractivity (Wildman–Crippen MR) is 78.2 cm³/mol. The summed E-state index contributed by atoms with van der Waals surface area (Å²) in [6.07, 6.45) is 2.60. The van der Waals surface area contributed by atoms with Crippen molar-refractivity contribution in [2.45, 2.75) is 45.6 Å². The molecular weight excluding hydrogens is 250 g/mol. The van der Waals surface area contributed by atoms with Crippen LogP contribution in [0.3, 0.4) is 0 Å². The van der Waals surface area contributed by atoms with Gasteiger partial charge in [-0.25, -0.2) is 0 Å². The van der Waals surface area contributed by atoms with E-state index in [4.69, 9.17) is 9.15 Å². The van der Waals surface area contributed by atoms with E-state index in [-0.39, 0.29) is 0 Å². The second-order valence-corrected chi connectivity index (χ2v) is 5.45. The molecule has 1 aromatic carbocycles. The smallest absolute Gasteiger partial charge is 0.130 e. The minimum Gasteiger partial charge on any atom is -0.462 e. The molecule has 0 atom stereocenters. The van der Waals surface area contributed by atoms with Crippen molar-refractivity contribution in [3.05, 3.63) is 59.0 Å². The SMILES string of the molecule is Cc1cc(COCc2ccccc2)oc1CNC1CC1. The van der Waals surface area contributed by atoms with Gasteiger partial charge in [0.1, 0.15) is 18.1 Å². The molecule has 0 radical (unpaired) electrons. The quantitative estimate of drug-likeness (QED) is 0.836. The van der Waals surface area contributed by atoms with E-state index >= 15 is 0 Å². The fraction of sp³-hybridized carbons (Fsp3) is 0.412. The summed E-state index contributed by atoms with van der Waals surface area (Å²) in [5, 5.41) is 3.47. The van der Waals surface area contributed by atoms with E-state index in [0.717, 1.165) is 18.1 Å². The minimum absolute atomic E-state index is 0.527. The lowest BCUT2D eigenvalue weighted by Crippen LogP contribution is -2.15. The average molecular weight is 271 g/mol. The van der Waals surface area contributed by atoms with Crippen molar-refractivity contribution in [2.24, 2.45) is 0 Å². The van der Waals surface area contributed by atoms with Crippen molar-refractivity contribution in [1.29, 1.82) is 0 Å². The first-order valence-electron chi connectivity index (χ1n) is 7.24. The first-order chi connectivity index (χ1) is 9.81. The van der Waals surface area contributed by atoms with Gasteiger partial charge in [-0.05, 0) is 37.0 Å². The van der Waals surface area contributed by atoms with E-state index in [1.165, 1.54) is 24.0 Å². The van der Waals surface area contributed by atoms with Crippen molar-refractivity contribution in [1.82, 2.24) is 5.32 Å². The Morgan fingerprint density at radius 3 is 2.75 bits per heavy atom. The Kier molecular flexibility index (Phi) is 4.19. The normalized spacial score (nSPS) is 14.7. The Hall–Kier alpha value is -1.58. The van der Waals surface area contributed by atoms with Gasteiger partial charge in [-0.2, -0.15) is 0 Å². The summed E-state index contributed by atoms with van der Waals surface area (Å²) < 4.78 is 11.5. The predicted octanol–water partition coefficient (Wildman–Crippen LogP) is 3.56. The van der Waals surface area contributed by atoms with Crippen LogP contribution in [0.2, 0.25) is 0 Å². The fourth-order valence-electron chi connectivity index (χ4n) is 2.21. The molecule has 1 aromatic heterocycles. The first kappa shape index (κ1) is 13.4. The maximum absolute atomic E-state index is 5.84. The number of nitrogens with one attached hydrogen (secondary N) is 1. The van der Waals surface area contributed by atoms with Gasteiger partial charge in [0.25, 0.3) is 0 Å². The van der Waals surface area contributed by atoms with Crippen molar-refractivity contribution in [2.75, 3.05) is 0 Å². The Labute approximate surface area is 119 Å². The van der Waals surface area contributed by atoms with Gasteiger partial charge < -0.3 is 14.5 Å². The molecule has 1 fully saturated rings. The van der Waals surface area contributed by atoms with E-state index in [1.807, 2.05) is 18.2 Å². The van der Waals surface area contributed by atoms with Crippen LogP contribution < -0.4 is 5.32 Å². The van der Waals surface area contributed by atoms with Crippen LogP contribution in [-0.2, 0) is 24.5 Å². The lowest BCUT2D eigenvalue weighted by molar-refractivity contribution is 0.0920. The summed E-state index contributed by atoms with van der Waals surface area (Å²) >= 11 is 0. The Balaban J connectivity index is 1.48. The summed E-state index contributed by atoms with van der Waals surface area (Å²) in [7, 11) is 0. The lowest BCUT2D eigenvalue weighted by Gasteiger charge is -2.02. The van der Waals surface area contributed by atoms with Crippen LogP contribution in [-0.4, -0.2) is 6.04 Å². The molecule has 0 spiro atoms. The summed E-state index contributed by atoms with van der Waals surface area (Å²) in [6, 6.07) is 13.0. The average Bonchev–Trinajstić information content (AvgIpc) is 3.22. The third-order valence-electron chi connectivity index (χ3n) is 3.56. The first-order valence-corrected chi connectivity index (χ1v) is 7.24. The van der Waals surface area contributed by atoms with Gasteiger partial charge in [-0.15, -0.1) is 0 Å². The number of hydrogen-bond donors (Lipinski definition) is 1. The maximum atomic E-state index is 5.84. The highest BCUT2D eigenvalue weighted by Crippen LogP contribution is 2.21. The molecule has 1 aliphatic carbocycles. The number of rotatable bonds is 7. The lowest BCUT2D eigenvalue weighted by atomic mass is 10.2. The third-order valence-corrected chi connectivity index (χ3v) is 3.56. The largest absolute Gasteiger partial charge is 0.462 e. The summed E-state index contributed by atoms with van der Waals surface area (Å²) in [5.41, 5.74) is 2.39. The molecule has 3 nitrogen and oxygen atoms in total. The third kappa shape index (κ3) is 3.71. The molecule has 1 heterocycles. The fourth-order valence-corrected chi connectivity index (χ4v) is 2.21. The van der Waals surface area contributed by atoms with Crippen LogP contribution in [0.4, 0.5) is 0 Å². The zero-order valence-electron chi connectivity index (χ0n) is 11.9. The molecule has 3 rings (SSSR count). The second kappa shape index (κ2) is 6.25. The standard InChI is InChI=1S/C17H21NO2/c1-13-9-16(20-17(13)10-18-15-7-8-15)12-19-11-14-5-3-2-4-6-14/h2-6,9,15,18H,7-8,10-12H2,1H3. The molecule has 0 aliphatic heterocycles. The van der Waals surface area contributed by atoms with Crippen LogP contribution in [0.1, 0.15) is 35.5 Å². The topological polar surface area (TPSA) is 34.4 Å². The van der Waals surface area contributed by atoms with Crippen molar-refractivity contribution in [3.63, 3.8) is 0 Å². The van der Waals surface area contributed by atoms with Crippen LogP contribution in [0, 0.1) is 6.92 Å². The zero-order valence-corrected chi connectivity index (χ0v) is 11.9. The molecular formula is C17H21NO2. The van der Waals surface area contributed by atoms with Crippen molar-refractivity contribution >= 4 is 0 Å². The maximum Gasteiger partial charge on any atom is 0.130 e. The van der Waals surface area contributed by atoms with Gasteiger partial charge >= 0.3 is 0 Å². The second-order valence-electron chi connectivity index (χ2n) is 5.45. The minimum atomic E-state index is 0.527. The van der Waals surface area contributed by atoms with Gasteiger partial charge in [0, 0.05) is 6.04 Å². The van der Waals surface area contributed by atoms with Crippen LogP contribution in [0.15, 0.2) is 40.8 Å². The summed E-state index contributed by atoms with van der Waals surface area (Å²) in [6.45, 7) is 4.07. The Bertz CT molecular complexity index is 543. The molecule has 2 aromatic rings. The molecule has 0 bridgehead atoms. The molecule has 1 saturated carbocycles. The monoisotopic (exact) mass is 271 g/mol. The van der Waals surface area contributed by atoms with Crippen LogP contribution in [0.25, 0.3) is 0 Å². The molecule has 3 heteroatoms. The molecule has 106 valence electrons. The molecule has 0 saturated heterocycles.